The Bertz CT molecular complexity index is 102. The first kappa shape index (κ1) is 11.7. The first-order chi connectivity index (χ1) is 5.72. The van der Waals surface area contributed by atoms with E-state index in [1.165, 1.54) is 39.0 Å². The summed E-state index contributed by atoms with van der Waals surface area (Å²) >= 11 is 0. The van der Waals surface area contributed by atoms with Gasteiger partial charge in [-0.3, -0.25) is 0 Å². The average molecular weight is 170 g/mol. The molecule has 1 saturated carbocycles. The Hall–Kier alpha value is -0.330. The molecule has 0 unspecified atom stereocenters. The molecule has 0 bridgehead atoms. The Morgan fingerprint density at radius 1 is 1.17 bits per heavy atom. The SMILES string of the molecule is CC(C)C1CCCCC1.CC=O. The predicted octanol–water partition coefficient (Wildman–Crippen LogP) is 3.43. The van der Waals surface area contributed by atoms with E-state index in [0.717, 1.165) is 18.1 Å². The van der Waals surface area contributed by atoms with Crippen molar-refractivity contribution in [2.45, 2.75) is 52.9 Å². The third-order valence-corrected chi connectivity index (χ3v) is 2.59. The molecule has 0 aromatic carbocycles. The Balaban J connectivity index is 0.000000354. The van der Waals surface area contributed by atoms with E-state index in [4.69, 9.17) is 4.79 Å². The van der Waals surface area contributed by atoms with Gasteiger partial charge in [0.2, 0.25) is 0 Å². The maximum atomic E-state index is 8.81. The van der Waals surface area contributed by atoms with Crippen LogP contribution in [0.25, 0.3) is 0 Å². The molecule has 0 saturated heterocycles. The first-order valence-corrected chi connectivity index (χ1v) is 5.12. The van der Waals surface area contributed by atoms with E-state index >= 15 is 0 Å². The van der Waals surface area contributed by atoms with Gasteiger partial charge in [0.25, 0.3) is 0 Å². The maximum Gasteiger partial charge on any atom is 0.116 e. The summed E-state index contributed by atoms with van der Waals surface area (Å²) in [6.45, 7) is 6.16. The van der Waals surface area contributed by atoms with Crippen LogP contribution < -0.4 is 0 Å². The molecule has 0 spiro atoms. The molecule has 1 aliphatic rings. The molecule has 1 heteroatoms. The highest BCUT2D eigenvalue weighted by Crippen LogP contribution is 2.29. The largest absolute Gasteiger partial charge is 0.304 e. The van der Waals surface area contributed by atoms with Crippen LogP contribution in [-0.4, -0.2) is 6.29 Å². The minimum absolute atomic E-state index is 0.750. The van der Waals surface area contributed by atoms with Gasteiger partial charge < -0.3 is 4.79 Å². The summed E-state index contributed by atoms with van der Waals surface area (Å²) in [6.07, 6.45) is 8.21. The van der Waals surface area contributed by atoms with Crippen LogP contribution in [0, 0.1) is 11.8 Å². The van der Waals surface area contributed by atoms with E-state index in [9.17, 15) is 0 Å². The van der Waals surface area contributed by atoms with Crippen LogP contribution >= 0.6 is 0 Å². The number of aldehydes is 1. The van der Waals surface area contributed by atoms with Crippen molar-refractivity contribution in [1.82, 2.24) is 0 Å². The van der Waals surface area contributed by atoms with Crippen LogP contribution in [0.3, 0.4) is 0 Å². The number of hydrogen-bond donors (Lipinski definition) is 0. The van der Waals surface area contributed by atoms with E-state index in [1.807, 2.05) is 0 Å². The minimum Gasteiger partial charge on any atom is -0.304 e. The van der Waals surface area contributed by atoms with Crippen LogP contribution in [0.1, 0.15) is 52.9 Å². The van der Waals surface area contributed by atoms with E-state index in [0.29, 0.717) is 0 Å². The molecule has 0 aliphatic heterocycles. The van der Waals surface area contributed by atoms with Crippen molar-refractivity contribution in [3.63, 3.8) is 0 Å². The molecule has 0 radical (unpaired) electrons. The number of carbonyl (C=O) groups excluding carboxylic acids is 1. The summed E-state index contributed by atoms with van der Waals surface area (Å²) in [7, 11) is 0. The summed E-state index contributed by atoms with van der Waals surface area (Å²) in [6, 6.07) is 0. The van der Waals surface area contributed by atoms with Crippen LogP contribution in [0.5, 0.6) is 0 Å². The Labute approximate surface area is 76.6 Å². The molecule has 1 nitrogen and oxygen atoms in total. The smallest absolute Gasteiger partial charge is 0.116 e. The van der Waals surface area contributed by atoms with Gasteiger partial charge in [-0.15, -0.1) is 0 Å². The van der Waals surface area contributed by atoms with Gasteiger partial charge in [-0.1, -0.05) is 46.0 Å². The highest BCUT2D eigenvalue weighted by Gasteiger charge is 2.15. The number of carbonyl (C=O) groups is 1. The molecule has 0 aromatic rings. The Morgan fingerprint density at radius 2 is 1.58 bits per heavy atom. The van der Waals surface area contributed by atoms with Crippen LogP contribution in [0.4, 0.5) is 0 Å². The highest BCUT2D eigenvalue weighted by atomic mass is 16.1. The van der Waals surface area contributed by atoms with Gasteiger partial charge in [-0.05, 0) is 18.8 Å². The number of hydrogen-bond acceptors (Lipinski definition) is 1. The summed E-state index contributed by atoms with van der Waals surface area (Å²) in [4.78, 5) is 8.81. The molecule has 72 valence electrons. The fourth-order valence-corrected chi connectivity index (χ4v) is 1.80. The van der Waals surface area contributed by atoms with Crippen molar-refractivity contribution in [2.24, 2.45) is 11.8 Å². The molecule has 0 atom stereocenters. The second-order valence-electron chi connectivity index (χ2n) is 3.88. The third-order valence-electron chi connectivity index (χ3n) is 2.59. The Kier molecular flexibility index (Phi) is 7.12. The topological polar surface area (TPSA) is 17.1 Å². The molecule has 1 fully saturated rings. The summed E-state index contributed by atoms with van der Waals surface area (Å²) in [5.41, 5.74) is 0. The molecule has 12 heavy (non-hydrogen) atoms. The predicted molar refractivity (Wildman–Crippen MR) is 53.2 cm³/mol. The van der Waals surface area contributed by atoms with Crippen molar-refractivity contribution in [3.05, 3.63) is 0 Å². The van der Waals surface area contributed by atoms with Crippen LogP contribution in [-0.2, 0) is 4.79 Å². The summed E-state index contributed by atoms with van der Waals surface area (Å²) < 4.78 is 0. The number of rotatable bonds is 1. The second kappa shape index (κ2) is 7.33. The maximum absolute atomic E-state index is 8.81. The monoisotopic (exact) mass is 170 g/mol. The van der Waals surface area contributed by atoms with Gasteiger partial charge in [0.05, 0.1) is 0 Å². The van der Waals surface area contributed by atoms with E-state index in [2.05, 4.69) is 13.8 Å². The fraction of sp³-hybridized carbons (Fsp3) is 0.909. The highest BCUT2D eigenvalue weighted by molar-refractivity contribution is 5.44. The molecule has 1 aliphatic carbocycles. The van der Waals surface area contributed by atoms with E-state index in [-0.39, 0.29) is 0 Å². The standard InChI is InChI=1S/C9H18.C2H4O/c1-8(2)9-6-4-3-5-7-9;1-2-3/h8-9H,3-7H2,1-2H3;2H,1H3. The van der Waals surface area contributed by atoms with Gasteiger partial charge >= 0.3 is 0 Å². The fourth-order valence-electron chi connectivity index (χ4n) is 1.80. The lowest BCUT2D eigenvalue weighted by Gasteiger charge is -2.24. The zero-order chi connectivity index (χ0) is 9.40. The van der Waals surface area contributed by atoms with E-state index < -0.39 is 0 Å². The summed E-state index contributed by atoms with van der Waals surface area (Å²) in [5.74, 6) is 1.99. The Morgan fingerprint density at radius 3 is 1.83 bits per heavy atom. The molecule has 0 heterocycles. The van der Waals surface area contributed by atoms with Crippen molar-refractivity contribution < 1.29 is 4.79 Å². The van der Waals surface area contributed by atoms with Crippen molar-refractivity contribution in [3.8, 4) is 0 Å². The van der Waals surface area contributed by atoms with E-state index in [1.54, 1.807) is 0 Å². The van der Waals surface area contributed by atoms with Gasteiger partial charge in [-0.2, -0.15) is 0 Å². The van der Waals surface area contributed by atoms with Gasteiger partial charge in [0.1, 0.15) is 6.29 Å². The zero-order valence-corrected chi connectivity index (χ0v) is 8.68. The molecule has 1 rings (SSSR count). The normalized spacial score (nSPS) is 18.3. The quantitative estimate of drug-likeness (QED) is 0.551. The molecular formula is C11H22O. The lowest BCUT2D eigenvalue weighted by Crippen LogP contribution is -2.12. The van der Waals surface area contributed by atoms with Gasteiger partial charge in [0, 0.05) is 0 Å². The molecule has 0 aromatic heterocycles. The van der Waals surface area contributed by atoms with Crippen molar-refractivity contribution in [2.75, 3.05) is 0 Å². The van der Waals surface area contributed by atoms with Gasteiger partial charge in [0.15, 0.2) is 0 Å². The van der Waals surface area contributed by atoms with Crippen molar-refractivity contribution >= 4 is 6.29 Å². The lowest BCUT2D eigenvalue weighted by atomic mass is 9.82. The summed E-state index contributed by atoms with van der Waals surface area (Å²) in [5, 5.41) is 0. The second-order valence-corrected chi connectivity index (χ2v) is 3.88. The molecule has 0 amide bonds. The first-order valence-electron chi connectivity index (χ1n) is 5.12. The van der Waals surface area contributed by atoms with Crippen LogP contribution in [0.2, 0.25) is 0 Å². The van der Waals surface area contributed by atoms with Crippen molar-refractivity contribution in [1.29, 1.82) is 0 Å². The minimum atomic E-state index is 0.750. The van der Waals surface area contributed by atoms with Gasteiger partial charge in [-0.25, -0.2) is 0 Å². The third kappa shape index (κ3) is 5.34. The average Bonchev–Trinajstić information content (AvgIpc) is 2.07. The lowest BCUT2D eigenvalue weighted by molar-refractivity contribution is -0.106. The van der Waals surface area contributed by atoms with Crippen LogP contribution in [0.15, 0.2) is 0 Å². The molecular weight excluding hydrogens is 148 g/mol. The zero-order valence-electron chi connectivity index (χ0n) is 8.68. The molecule has 0 N–H and O–H groups in total.